The predicted molar refractivity (Wildman–Crippen MR) is 76.8 cm³/mol. The average molecular weight is 299 g/mol. The van der Waals surface area contributed by atoms with Crippen LogP contribution in [0.3, 0.4) is 0 Å². The molecule has 0 unspecified atom stereocenters. The number of methoxy groups -OCH3 is 1. The number of pyridine rings is 2. The monoisotopic (exact) mass is 298 g/mol. The Morgan fingerprint density at radius 3 is 2.74 bits per heavy atom. The molecule has 0 saturated heterocycles. The fourth-order valence-electron chi connectivity index (χ4n) is 1.43. The molecule has 0 bridgehead atoms. The number of rotatable bonds is 4. The molecular formula is C12H12Cl2N4O. The lowest BCUT2D eigenvalue weighted by Gasteiger charge is -2.09. The van der Waals surface area contributed by atoms with E-state index < -0.39 is 0 Å². The first-order valence-electron chi connectivity index (χ1n) is 5.44. The minimum absolute atomic E-state index is 0.237. The number of hydrogen-bond donors (Lipinski definition) is 2. The maximum Gasteiger partial charge on any atom is 0.212 e. The summed E-state index contributed by atoms with van der Waals surface area (Å²) >= 11 is 11.8. The van der Waals surface area contributed by atoms with E-state index in [2.05, 4.69) is 15.3 Å². The van der Waals surface area contributed by atoms with Crippen molar-refractivity contribution in [3.63, 3.8) is 0 Å². The minimum Gasteiger partial charge on any atom is -0.481 e. The van der Waals surface area contributed by atoms with E-state index in [0.717, 1.165) is 5.56 Å². The van der Waals surface area contributed by atoms with Gasteiger partial charge in [-0.1, -0.05) is 29.3 Å². The van der Waals surface area contributed by atoms with Gasteiger partial charge in [0.1, 0.15) is 11.6 Å². The first kappa shape index (κ1) is 13.7. The number of aromatic nitrogens is 2. The van der Waals surface area contributed by atoms with Gasteiger partial charge in [0.25, 0.3) is 0 Å². The van der Waals surface area contributed by atoms with Crippen LogP contribution in [-0.2, 0) is 6.54 Å². The van der Waals surface area contributed by atoms with Gasteiger partial charge in [0, 0.05) is 18.8 Å². The quantitative estimate of drug-likeness (QED) is 0.908. The zero-order chi connectivity index (χ0) is 13.8. The summed E-state index contributed by atoms with van der Waals surface area (Å²) in [5, 5.41) is 3.82. The van der Waals surface area contributed by atoms with Crippen LogP contribution in [0.25, 0.3) is 0 Å². The maximum absolute atomic E-state index is 6.01. The van der Waals surface area contributed by atoms with Crippen LogP contribution < -0.4 is 15.8 Å². The van der Waals surface area contributed by atoms with Crippen molar-refractivity contribution in [3.8, 4) is 5.88 Å². The molecule has 0 spiro atoms. The summed E-state index contributed by atoms with van der Waals surface area (Å²) in [6, 6.07) is 5.23. The van der Waals surface area contributed by atoms with Gasteiger partial charge in [-0.05, 0) is 11.6 Å². The Hall–Kier alpha value is -1.72. The summed E-state index contributed by atoms with van der Waals surface area (Å²) in [5.41, 5.74) is 6.59. The summed E-state index contributed by atoms with van der Waals surface area (Å²) in [6.45, 7) is 0.519. The van der Waals surface area contributed by atoms with Crippen LogP contribution in [0.2, 0.25) is 10.0 Å². The number of nitrogens with one attached hydrogen (secondary N) is 1. The molecule has 2 heterocycles. The van der Waals surface area contributed by atoms with E-state index in [1.807, 2.05) is 6.07 Å². The molecule has 100 valence electrons. The molecule has 0 aliphatic carbocycles. The molecule has 0 radical (unpaired) electrons. The second-order valence-corrected chi connectivity index (χ2v) is 4.56. The molecule has 0 fully saturated rings. The van der Waals surface area contributed by atoms with Crippen LogP contribution >= 0.6 is 23.2 Å². The Balaban J connectivity index is 2.07. The fraction of sp³-hybridized carbons (Fsp3) is 0.167. The van der Waals surface area contributed by atoms with Gasteiger partial charge in [0.05, 0.1) is 17.2 Å². The fourth-order valence-corrected chi connectivity index (χ4v) is 1.85. The van der Waals surface area contributed by atoms with E-state index in [-0.39, 0.29) is 5.82 Å². The van der Waals surface area contributed by atoms with Crippen LogP contribution in [0.5, 0.6) is 5.88 Å². The van der Waals surface area contributed by atoms with Crippen LogP contribution in [0, 0.1) is 0 Å². The molecule has 2 rings (SSSR count). The van der Waals surface area contributed by atoms with Gasteiger partial charge in [0.15, 0.2) is 0 Å². The molecule has 5 nitrogen and oxygen atoms in total. The molecule has 0 aliphatic heterocycles. The van der Waals surface area contributed by atoms with Gasteiger partial charge in [-0.3, -0.25) is 0 Å². The average Bonchev–Trinajstić information content (AvgIpc) is 2.42. The van der Waals surface area contributed by atoms with Crippen molar-refractivity contribution in [2.24, 2.45) is 0 Å². The maximum atomic E-state index is 6.01. The number of hydrogen-bond acceptors (Lipinski definition) is 5. The van der Waals surface area contributed by atoms with E-state index in [4.69, 9.17) is 33.7 Å². The van der Waals surface area contributed by atoms with Crippen LogP contribution in [0.4, 0.5) is 11.6 Å². The van der Waals surface area contributed by atoms with E-state index in [1.54, 1.807) is 25.4 Å². The summed E-state index contributed by atoms with van der Waals surface area (Å²) in [7, 11) is 1.57. The number of nitrogens with two attached hydrogens (primary N) is 1. The topological polar surface area (TPSA) is 73.1 Å². The van der Waals surface area contributed by atoms with Crippen molar-refractivity contribution in [1.29, 1.82) is 0 Å². The molecule has 19 heavy (non-hydrogen) atoms. The lowest BCUT2D eigenvalue weighted by molar-refractivity contribution is 0.397. The summed E-state index contributed by atoms with van der Waals surface area (Å²) in [6.07, 6.45) is 1.71. The molecule has 7 heteroatoms. The van der Waals surface area contributed by atoms with E-state index in [0.29, 0.717) is 28.3 Å². The molecule has 0 aromatic carbocycles. The van der Waals surface area contributed by atoms with Crippen molar-refractivity contribution < 1.29 is 4.74 Å². The standard InChI is InChI=1S/C12H12Cl2N4O/c1-19-10-3-2-7(5-16-10)6-17-12-9(14)4-8(13)11(15)18-12/h2-5H,6H2,1H3,(H3,15,17,18). The number of halogens is 2. The third-order valence-corrected chi connectivity index (χ3v) is 3.01. The SMILES string of the molecule is COc1ccc(CNc2nc(N)c(Cl)cc2Cl)cn1. The van der Waals surface area contributed by atoms with Crippen LogP contribution in [0.15, 0.2) is 24.4 Å². The number of nitrogen functional groups attached to an aromatic ring is 1. The Labute approximate surface area is 120 Å². The Morgan fingerprint density at radius 2 is 2.11 bits per heavy atom. The van der Waals surface area contributed by atoms with Crippen molar-refractivity contribution in [1.82, 2.24) is 9.97 Å². The van der Waals surface area contributed by atoms with Gasteiger partial charge in [-0.2, -0.15) is 0 Å². The molecule has 2 aromatic rings. The first-order chi connectivity index (χ1) is 9.10. The van der Waals surface area contributed by atoms with Crippen molar-refractivity contribution in [2.75, 3.05) is 18.2 Å². The highest BCUT2D eigenvalue weighted by Crippen LogP contribution is 2.27. The zero-order valence-electron chi connectivity index (χ0n) is 10.2. The molecular weight excluding hydrogens is 287 g/mol. The highest BCUT2D eigenvalue weighted by Gasteiger charge is 2.06. The van der Waals surface area contributed by atoms with Gasteiger partial charge in [-0.15, -0.1) is 0 Å². The van der Waals surface area contributed by atoms with Crippen molar-refractivity contribution in [2.45, 2.75) is 6.54 Å². The van der Waals surface area contributed by atoms with Crippen LogP contribution in [0.1, 0.15) is 5.56 Å². The van der Waals surface area contributed by atoms with E-state index >= 15 is 0 Å². The molecule has 0 atom stereocenters. The molecule has 3 N–H and O–H groups in total. The number of ether oxygens (including phenoxy) is 1. The lowest BCUT2D eigenvalue weighted by atomic mass is 10.3. The van der Waals surface area contributed by atoms with E-state index in [9.17, 15) is 0 Å². The Kier molecular flexibility index (Phi) is 4.29. The highest BCUT2D eigenvalue weighted by molar-refractivity contribution is 6.37. The van der Waals surface area contributed by atoms with Gasteiger partial charge in [0.2, 0.25) is 5.88 Å². The summed E-state index contributed by atoms with van der Waals surface area (Å²) in [4.78, 5) is 8.18. The van der Waals surface area contributed by atoms with Crippen molar-refractivity contribution >= 4 is 34.8 Å². The minimum atomic E-state index is 0.237. The van der Waals surface area contributed by atoms with Crippen LogP contribution in [-0.4, -0.2) is 17.1 Å². The van der Waals surface area contributed by atoms with Gasteiger partial charge in [-0.25, -0.2) is 9.97 Å². The molecule has 2 aromatic heterocycles. The number of nitrogens with zero attached hydrogens (tertiary/aromatic N) is 2. The third kappa shape index (κ3) is 3.39. The number of anilines is 2. The van der Waals surface area contributed by atoms with E-state index in [1.165, 1.54) is 0 Å². The third-order valence-electron chi connectivity index (χ3n) is 2.42. The van der Waals surface area contributed by atoms with Gasteiger partial charge < -0.3 is 15.8 Å². The van der Waals surface area contributed by atoms with Gasteiger partial charge >= 0.3 is 0 Å². The lowest BCUT2D eigenvalue weighted by Crippen LogP contribution is -2.04. The smallest absolute Gasteiger partial charge is 0.212 e. The van der Waals surface area contributed by atoms with Crippen molar-refractivity contribution in [3.05, 3.63) is 40.0 Å². The first-order valence-corrected chi connectivity index (χ1v) is 6.20. The largest absolute Gasteiger partial charge is 0.481 e. The zero-order valence-corrected chi connectivity index (χ0v) is 11.7. The summed E-state index contributed by atoms with van der Waals surface area (Å²) < 4.78 is 4.98. The molecule has 0 aliphatic rings. The Morgan fingerprint density at radius 1 is 1.32 bits per heavy atom. The molecule has 0 saturated carbocycles. The second-order valence-electron chi connectivity index (χ2n) is 3.75. The Bertz CT molecular complexity index is 575. The summed E-state index contributed by atoms with van der Waals surface area (Å²) in [5.74, 6) is 1.29. The molecule has 0 amide bonds. The highest BCUT2D eigenvalue weighted by atomic mass is 35.5. The normalized spacial score (nSPS) is 10.3. The predicted octanol–water partition coefficient (Wildman–Crippen LogP) is 2.99. The second kappa shape index (κ2) is 5.95.